The van der Waals surface area contributed by atoms with E-state index in [1.807, 2.05) is 30.3 Å². The molecule has 0 aliphatic heterocycles. The maximum Gasteiger partial charge on any atom is 0.124 e. The van der Waals surface area contributed by atoms with E-state index in [0.29, 0.717) is 5.75 Å². The van der Waals surface area contributed by atoms with E-state index in [9.17, 15) is 5.11 Å². The molecule has 0 fully saturated rings. The maximum atomic E-state index is 10.1. The zero-order valence-corrected chi connectivity index (χ0v) is 13.8. The van der Waals surface area contributed by atoms with Crippen molar-refractivity contribution in [1.29, 1.82) is 0 Å². The Morgan fingerprint density at radius 2 is 2.00 bits per heavy atom. The Morgan fingerprint density at radius 3 is 2.76 bits per heavy atom. The van der Waals surface area contributed by atoms with Crippen LogP contribution in [0.3, 0.4) is 0 Å². The van der Waals surface area contributed by atoms with Crippen molar-refractivity contribution < 1.29 is 5.11 Å². The van der Waals surface area contributed by atoms with E-state index in [2.05, 4.69) is 27.2 Å². The second kappa shape index (κ2) is 7.22. The van der Waals surface area contributed by atoms with Crippen molar-refractivity contribution in [3.63, 3.8) is 0 Å². The topological polar surface area (TPSA) is 33.1 Å². The molecule has 3 aromatic rings. The summed E-state index contributed by atoms with van der Waals surface area (Å²) in [6.07, 6.45) is -0.411. The zero-order valence-electron chi connectivity index (χ0n) is 11.3. The molecule has 1 unspecified atom stereocenters. The Morgan fingerprint density at radius 1 is 1.14 bits per heavy atom. The molecule has 21 heavy (non-hydrogen) atoms. The van der Waals surface area contributed by atoms with E-state index >= 15 is 0 Å². The van der Waals surface area contributed by atoms with E-state index < -0.39 is 6.10 Å². The van der Waals surface area contributed by atoms with Gasteiger partial charge in [-0.1, -0.05) is 30.3 Å². The van der Waals surface area contributed by atoms with Gasteiger partial charge in [0.15, 0.2) is 0 Å². The molecule has 108 valence electrons. The van der Waals surface area contributed by atoms with Crippen LogP contribution in [0.5, 0.6) is 0 Å². The first-order valence-electron chi connectivity index (χ1n) is 6.60. The number of thiophene rings is 1. The summed E-state index contributed by atoms with van der Waals surface area (Å²) in [6, 6.07) is 11.9. The van der Waals surface area contributed by atoms with Crippen LogP contribution >= 0.6 is 34.4 Å². The van der Waals surface area contributed by atoms with Crippen LogP contribution in [-0.4, -0.2) is 15.8 Å². The number of benzene rings is 1. The second-order valence-electron chi connectivity index (χ2n) is 4.60. The molecule has 0 saturated heterocycles. The van der Waals surface area contributed by atoms with Gasteiger partial charge in [0.25, 0.3) is 0 Å². The van der Waals surface area contributed by atoms with Gasteiger partial charge in [0.2, 0.25) is 0 Å². The number of aromatic nitrogens is 1. The summed E-state index contributed by atoms with van der Waals surface area (Å²) in [4.78, 5) is 4.65. The molecular weight excluding hydrogens is 318 g/mol. The molecule has 0 saturated carbocycles. The van der Waals surface area contributed by atoms with Crippen molar-refractivity contribution in [3.05, 3.63) is 63.8 Å². The molecule has 0 amide bonds. The fourth-order valence-electron chi connectivity index (χ4n) is 1.94. The highest BCUT2D eigenvalue weighted by atomic mass is 32.2. The molecule has 2 aromatic heterocycles. The van der Waals surface area contributed by atoms with Gasteiger partial charge in [0.05, 0.1) is 11.8 Å². The van der Waals surface area contributed by atoms with Crippen molar-refractivity contribution in [1.82, 2.24) is 4.98 Å². The molecule has 1 aromatic carbocycles. The average molecular weight is 334 g/mol. The third-order valence-corrected chi connectivity index (χ3v) is 5.70. The molecule has 0 aliphatic rings. The van der Waals surface area contributed by atoms with Crippen molar-refractivity contribution >= 4 is 34.4 Å². The van der Waals surface area contributed by atoms with Crippen LogP contribution in [0.4, 0.5) is 0 Å². The zero-order chi connectivity index (χ0) is 14.5. The van der Waals surface area contributed by atoms with Gasteiger partial charge in [0, 0.05) is 27.8 Å². The Hall–Kier alpha value is -1.14. The van der Waals surface area contributed by atoms with E-state index in [1.165, 1.54) is 5.56 Å². The van der Waals surface area contributed by atoms with E-state index in [0.717, 1.165) is 22.0 Å². The van der Waals surface area contributed by atoms with Gasteiger partial charge in [-0.2, -0.15) is 23.1 Å². The summed E-state index contributed by atoms with van der Waals surface area (Å²) in [7, 11) is 0. The Bertz CT molecular complexity index is 664. The summed E-state index contributed by atoms with van der Waals surface area (Å²) in [6.45, 7) is 0. The first-order chi connectivity index (χ1) is 10.3. The van der Waals surface area contributed by atoms with Crippen molar-refractivity contribution in [3.8, 4) is 10.6 Å². The summed E-state index contributed by atoms with van der Waals surface area (Å²) in [5.74, 6) is 1.53. The van der Waals surface area contributed by atoms with E-state index in [-0.39, 0.29) is 0 Å². The van der Waals surface area contributed by atoms with Gasteiger partial charge in [-0.05, 0) is 17.0 Å². The fraction of sp³-hybridized carbons (Fsp3) is 0.188. The molecular formula is C16H15NOS3. The van der Waals surface area contributed by atoms with E-state index in [1.54, 1.807) is 34.4 Å². The lowest BCUT2D eigenvalue weighted by Gasteiger charge is -2.09. The highest BCUT2D eigenvalue weighted by molar-refractivity contribution is 7.98. The van der Waals surface area contributed by atoms with Gasteiger partial charge in [-0.15, -0.1) is 11.3 Å². The first-order valence-corrected chi connectivity index (χ1v) is 9.58. The molecule has 0 spiro atoms. The Balaban J connectivity index is 1.52. The summed E-state index contributed by atoms with van der Waals surface area (Å²) < 4.78 is 0. The van der Waals surface area contributed by atoms with Crippen molar-refractivity contribution in [2.24, 2.45) is 0 Å². The number of rotatable bonds is 6. The maximum absolute atomic E-state index is 10.1. The molecule has 0 aliphatic carbocycles. The Kier molecular flexibility index (Phi) is 5.08. The summed E-state index contributed by atoms with van der Waals surface area (Å²) in [5, 5.41) is 17.5. The summed E-state index contributed by atoms with van der Waals surface area (Å²) >= 11 is 5.09. The van der Waals surface area contributed by atoms with Gasteiger partial charge in [0.1, 0.15) is 5.01 Å². The van der Waals surface area contributed by atoms with Crippen LogP contribution in [0.15, 0.2) is 52.5 Å². The fourth-order valence-corrected chi connectivity index (χ4v) is 4.47. The molecule has 2 nitrogen and oxygen atoms in total. The van der Waals surface area contributed by atoms with Crippen molar-refractivity contribution in [2.75, 3.05) is 5.75 Å². The second-order valence-corrected chi connectivity index (χ2v) is 7.27. The molecule has 0 radical (unpaired) electrons. The molecule has 2 heterocycles. The normalized spacial score (nSPS) is 12.4. The SMILES string of the molecule is OC(CSCc1csc(-c2ccsc2)n1)c1ccccc1. The predicted molar refractivity (Wildman–Crippen MR) is 93.0 cm³/mol. The number of hydrogen-bond donors (Lipinski definition) is 1. The third kappa shape index (κ3) is 3.95. The lowest BCUT2D eigenvalue weighted by molar-refractivity contribution is 0.204. The molecule has 1 atom stereocenters. The highest BCUT2D eigenvalue weighted by Gasteiger charge is 2.09. The monoisotopic (exact) mass is 333 g/mol. The molecule has 1 N–H and O–H groups in total. The van der Waals surface area contributed by atoms with E-state index in [4.69, 9.17) is 0 Å². The van der Waals surface area contributed by atoms with Crippen molar-refractivity contribution in [2.45, 2.75) is 11.9 Å². The minimum atomic E-state index is -0.411. The Labute approximate surface area is 136 Å². The lowest BCUT2D eigenvalue weighted by atomic mass is 10.1. The van der Waals surface area contributed by atoms with Crippen LogP contribution in [-0.2, 0) is 5.75 Å². The molecule has 0 bridgehead atoms. The largest absolute Gasteiger partial charge is 0.388 e. The van der Waals surface area contributed by atoms with Gasteiger partial charge in [-0.25, -0.2) is 4.98 Å². The first kappa shape index (κ1) is 14.8. The van der Waals surface area contributed by atoms with Gasteiger partial charge in [-0.3, -0.25) is 0 Å². The third-order valence-electron chi connectivity index (χ3n) is 3.03. The number of hydrogen-bond acceptors (Lipinski definition) is 5. The number of thioether (sulfide) groups is 1. The average Bonchev–Trinajstić information content (AvgIpc) is 3.19. The van der Waals surface area contributed by atoms with Crippen LogP contribution in [0, 0.1) is 0 Å². The lowest BCUT2D eigenvalue weighted by Crippen LogP contribution is -2.00. The molecule has 3 rings (SSSR count). The number of thiazole rings is 1. The number of nitrogens with zero attached hydrogens (tertiary/aromatic N) is 1. The number of aliphatic hydroxyl groups excluding tert-OH is 1. The predicted octanol–water partition coefficient (Wildman–Crippen LogP) is 4.84. The minimum Gasteiger partial charge on any atom is -0.388 e. The van der Waals surface area contributed by atoms with Crippen LogP contribution < -0.4 is 0 Å². The van der Waals surface area contributed by atoms with Crippen LogP contribution in [0.25, 0.3) is 10.6 Å². The standard InChI is InChI=1S/C16H15NOS3/c18-15(12-4-2-1-3-5-12)11-20-9-14-10-21-16(17-14)13-6-7-19-8-13/h1-8,10,15,18H,9,11H2. The number of aliphatic hydroxyl groups is 1. The smallest absolute Gasteiger partial charge is 0.124 e. The van der Waals surface area contributed by atoms with Gasteiger partial charge >= 0.3 is 0 Å². The summed E-state index contributed by atoms with van der Waals surface area (Å²) in [5.41, 5.74) is 3.26. The van der Waals surface area contributed by atoms with Gasteiger partial charge < -0.3 is 5.11 Å². The minimum absolute atomic E-state index is 0.411. The van der Waals surface area contributed by atoms with Crippen LogP contribution in [0.2, 0.25) is 0 Å². The quantitative estimate of drug-likeness (QED) is 0.701. The highest BCUT2D eigenvalue weighted by Crippen LogP contribution is 2.28. The molecule has 5 heteroatoms. The van der Waals surface area contributed by atoms with Crippen LogP contribution in [0.1, 0.15) is 17.4 Å².